The van der Waals surface area contributed by atoms with Gasteiger partial charge in [-0.3, -0.25) is 4.79 Å². The van der Waals surface area contributed by atoms with Gasteiger partial charge in [-0.1, -0.05) is 6.07 Å². The van der Waals surface area contributed by atoms with Crippen molar-refractivity contribution in [2.24, 2.45) is 0 Å². The number of halogens is 2. The molecule has 1 amide bonds. The molecule has 0 radical (unpaired) electrons. The highest BCUT2D eigenvalue weighted by atomic mass is 35.5. The van der Waals surface area contributed by atoms with Crippen LogP contribution in [-0.2, 0) is 11.2 Å². The third-order valence-corrected chi connectivity index (χ3v) is 3.71. The second kappa shape index (κ2) is 8.98. The number of amides is 1. The van der Waals surface area contributed by atoms with Crippen molar-refractivity contribution in [1.29, 1.82) is 0 Å². The van der Waals surface area contributed by atoms with Crippen LogP contribution in [0.25, 0.3) is 5.65 Å². The molecule has 2 aromatic heterocycles. The van der Waals surface area contributed by atoms with Crippen LogP contribution in [0.15, 0.2) is 30.6 Å². The Kier molecular flexibility index (Phi) is 7.65. The van der Waals surface area contributed by atoms with E-state index in [9.17, 15) is 4.79 Å². The topological polar surface area (TPSA) is 58.4 Å². The zero-order chi connectivity index (χ0) is 13.8. The molecule has 22 heavy (non-hydrogen) atoms. The Morgan fingerprint density at radius 2 is 2.27 bits per heavy atom. The number of imidazole rings is 1. The monoisotopic (exact) mass is 344 g/mol. The molecule has 1 fully saturated rings. The average Bonchev–Trinajstić information content (AvgIpc) is 3.07. The van der Waals surface area contributed by atoms with Gasteiger partial charge in [0.25, 0.3) is 0 Å². The normalized spacial score (nSPS) is 16.8. The number of hydrogen-bond donors (Lipinski definition) is 2. The molecule has 5 nitrogen and oxygen atoms in total. The van der Waals surface area contributed by atoms with Crippen LogP contribution in [0, 0.1) is 0 Å². The number of carbonyl (C=O) groups is 1. The number of carbonyl (C=O) groups excluding carboxylic acids is 1. The van der Waals surface area contributed by atoms with Gasteiger partial charge in [-0.25, -0.2) is 4.98 Å². The number of aromatic nitrogens is 2. The van der Waals surface area contributed by atoms with Gasteiger partial charge in [-0.2, -0.15) is 0 Å². The molecule has 1 aliphatic rings. The Hall–Kier alpha value is -1.30. The van der Waals surface area contributed by atoms with Crippen LogP contribution in [0.1, 0.15) is 25.0 Å². The maximum absolute atomic E-state index is 11.8. The molecule has 2 N–H and O–H groups in total. The van der Waals surface area contributed by atoms with E-state index in [0.29, 0.717) is 19.0 Å². The first-order chi connectivity index (χ1) is 9.81. The van der Waals surface area contributed by atoms with E-state index in [1.807, 2.05) is 35.0 Å². The van der Waals surface area contributed by atoms with E-state index in [2.05, 4.69) is 15.6 Å². The van der Waals surface area contributed by atoms with Crippen molar-refractivity contribution in [3.05, 3.63) is 36.3 Å². The summed E-state index contributed by atoms with van der Waals surface area (Å²) in [5.41, 5.74) is 1.96. The number of rotatable bonds is 5. The van der Waals surface area contributed by atoms with Gasteiger partial charge in [0.05, 0.1) is 5.69 Å². The molecule has 7 heteroatoms. The molecule has 3 rings (SSSR count). The zero-order valence-corrected chi connectivity index (χ0v) is 14.0. The Labute approximate surface area is 142 Å². The predicted molar refractivity (Wildman–Crippen MR) is 92.0 cm³/mol. The minimum atomic E-state index is 0. The van der Waals surface area contributed by atoms with Gasteiger partial charge in [-0.05, 0) is 31.5 Å². The summed E-state index contributed by atoms with van der Waals surface area (Å²) in [6, 6.07) is 6.30. The second-order valence-corrected chi connectivity index (χ2v) is 5.30. The highest BCUT2D eigenvalue weighted by Crippen LogP contribution is 2.08. The molecule has 1 atom stereocenters. The number of pyridine rings is 1. The molecule has 0 aliphatic carbocycles. The van der Waals surface area contributed by atoms with Crippen LogP contribution in [0.3, 0.4) is 0 Å². The molecule has 1 aliphatic heterocycles. The van der Waals surface area contributed by atoms with Crippen molar-refractivity contribution < 1.29 is 4.79 Å². The van der Waals surface area contributed by atoms with E-state index in [0.717, 1.165) is 30.7 Å². The fourth-order valence-electron chi connectivity index (χ4n) is 2.66. The van der Waals surface area contributed by atoms with E-state index in [4.69, 9.17) is 0 Å². The van der Waals surface area contributed by atoms with Crippen LogP contribution in [0.5, 0.6) is 0 Å². The predicted octanol–water partition coefficient (Wildman–Crippen LogP) is 1.98. The van der Waals surface area contributed by atoms with Gasteiger partial charge in [0, 0.05) is 37.8 Å². The summed E-state index contributed by atoms with van der Waals surface area (Å²) < 4.78 is 2.00. The maximum Gasteiger partial charge on any atom is 0.221 e. The van der Waals surface area contributed by atoms with Crippen LogP contribution < -0.4 is 10.6 Å². The Morgan fingerprint density at radius 3 is 3.00 bits per heavy atom. The van der Waals surface area contributed by atoms with Crippen molar-refractivity contribution >= 4 is 36.4 Å². The van der Waals surface area contributed by atoms with E-state index in [1.54, 1.807) is 0 Å². The maximum atomic E-state index is 11.8. The molecule has 2 aromatic rings. The first kappa shape index (κ1) is 18.7. The molecule has 0 spiro atoms. The Balaban J connectivity index is 0.00000121. The van der Waals surface area contributed by atoms with Crippen molar-refractivity contribution in [1.82, 2.24) is 20.0 Å². The third kappa shape index (κ3) is 4.87. The summed E-state index contributed by atoms with van der Waals surface area (Å²) in [6.45, 7) is 1.69. The van der Waals surface area contributed by atoms with Crippen LogP contribution in [-0.4, -0.2) is 34.4 Å². The molecule has 0 saturated carbocycles. The minimum Gasteiger partial charge on any atom is -0.356 e. The highest BCUT2D eigenvalue weighted by Gasteiger charge is 2.17. The van der Waals surface area contributed by atoms with Gasteiger partial charge in [0.2, 0.25) is 5.91 Å². The van der Waals surface area contributed by atoms with Gasteiger partial charge < -0.3 is 15.0 Å². The van der Waals surface area contributed by atoms with Crippen molar-refractivity contribution in [2.45, 2.75) is 31.7 Å². The van der Waals surface area contributed by atoms with Crippen molar-refractivity contribution in [3.63, 3.8) is 0 Å². The van der Waals surface area contributed by atoms with Crippen LogP contribution in [0.2, 0.25) is 0 Å². The first-order valence-corrected chi connectivity index (χ1v) is 7.24. The fraction of sp³-hybridized carbons (Fsp3) is 0.467. The van der Waals surface area contributed by atoms with E-state index in [-0.39, 0.29) is 30.7 Å². The fourth-order valence-corrected chi connectivity index (χ4v) is 2.66. The molecule has 122 valence electrons. The highest BCUT2D eigenvalue weighted by molar-refractivity contribution is 5.85. The summed E-state index contributed by atoms with van der Waals surface area (Å²) in [4.78, 5) is 16.3. The van der Waals surface area contributed by atoms with Gasteiger partial charge >= 0.3 is 0 Å². The van der Waals surface area contributed by atoms with Gasteiger partial charge in [-0.15, -0.1) is 24.8 Å². The first-order valence-electron chi connectivity index (χ1n) is 7.24. The van der Waals surface area contributed by atoms with Gasteiger partial charge in [0.15, 0.2) is 0 Å². The molecule has 0 bridgehead atoms. The standard InChI is InChI=1S/C15H20N4O.2ClH/c20-15(10-12-4-3-7-16-12)17-8-6-13-11-19-9-2-1-5-14(19)18-13;;/h1-2,5,9,11-12,16H,3-4,6-8,10H2,(H,17,20);2*1H. The van der Waals surface area contributed by atoms with E-state index >= 15 is 0 Å². The number of nitrogens with one attached hydrogen (secondary N) is 2. The molecule has 1 unspecified atom stereocenters. The summed E-state index contributed by atoms with van der Waals surface area (Å²) >= 11 is 0. The second-order valence-electron chi connectivity index (χ2n) is 5.30. The molecule has 1 saturated heterocycles. The summed E-state index contributed by atoms with van der Waals surface area (Å²) in [7, 11) is 0. The smallest absolute Gasteiger partial charge is 0.221 e. The largest absolute Gasteiger partial charge is 0.356 e. The average molecular weight is 345 g/mol. The lowest BCUT2D eigenvalue weighted by Gasteiger charge is -2.09. The van der Waals surface area contributed by atoms with Crippen LogP contribution in [0.4, 0.5) is 0 Å². The van der Waals surface area contributed by atoms with Crippen LogP contribution >= 0.6 is 24.8 Å². The minimum absolute atomic E-state index is 0. The van der Waals surface area contributed by atoms with Crippen molar-refractivity contribution in [2.75, 3.05) is 13.1 Å². The lowest BCUT2D eigenvalue weighted by Crippen LogP contribution is -2.32. The Morgan fingerprint density at radius 1 is 1.41 bits per heavy atom. The number of hydrogen-bond acceptors (Lipinski definition) is 3. The summed E-state index contributed by atoms with van der Waals surface area (Å²) in [6.07, 6.45) is 7.64. The summed E-state index contributed by atoms with van der Waals surface area (Å²) in [5.74, 6) is 0.133. The Bertz CT molecular complexity index is 563. The van der Waals surface area contributed by atoms with E-state index < -0.39 is 0 Å². The lowest BCUT2D eigenvalue weighted by atomic mass is 10.1. The third-order valence-electron chi connectivity index (χ3n) is 3.71. The lowest BCUT2D eigenvalue weighted by molar-refractivity contribution is -0.121. The molecule has 0 aromatic carbocycles. The molecular formula is C15H22Cl2N4O. The molecular weight excluding hydrogens is 323 g/mol. The zero-order valence-electron chi connectivity index (χ0n) is 12.3. The van der Waals surface area contributed by atoms with Gasteiger partial charge in [0.1, 0.15) is 5.65 Å². The summed E-state index contributed by atoms with van der Waals surface area (Å²) in [5, 5.41) is 6.31. The number of fused-ring (bicyclic) bond motifs is 1. The van der Waals surface area contributed by atoms with Crippen molar-refractivity contribution in [3.8, 4) is 0 Å². The van der Waals surface area contributed by atoms with E-state index in [1.165, 1.54) is 6.42 Å². The SMILES string of the molecule is Cl.Cl.O=C(CC1CCCN1)NCCc1cn2ccccc2n1. The quantitative estimate of drug-likeness (QED) is 0.871. The number of nitrogens with zero attached hydrogens (tertiary/aromatic N) is 2. The molecule has 3 heterocycles.